The maximum Gasteiger partial charge on any atom is 0.312 e. The molecule has 0 radical (unpaired) electrons. The SMILES string of the molecule is O=C(Nc1cccc(OCC(=O)N2CC(C(=O)O)c3ccccc32)c1)C1CC1. The largest absolute Gasteiger partial charge is 0.484 e. The molecule has 2 aromatic carbocycles. The van der Waals surface area contributed by atoms with Crippen molar-refractivity contribution in [1.82, 2.24) is 0 Å². The molecule has 28 heavy (non-hydrogen) atoms. The molecule has 2 aliphatic rings. The van der Waals surface area contributed by atoms with Crippen molar-refractivity contribution in [2.45, 2.75) is 18.8 Å². The normalized spacial score (nSPS) is 17.7. The van der Waals surface area contributed by atoms with Crippen molar-refractivity contribution in [2.24, 2.45) is 5.92 Å². The van der Waals surface area contributed by atoms with Crippen molar-refractivity contribution in [2.75, 3.05) is 23.4 Å². The molecule has 1 unspecified atom stereocenters. The fourth-order valence-electron chi connectivity index (χ4n) is 3.33. The molecule has 1 heterocycles. The van der Waals surface area contributed by atoms with E-state index in [4.69, 9.17) is 4.74 Å². The number of amides is 2. The third kappa shape index (κ3) is 3.69. The highest BCUT2D eigenvalue weighted by molar-refractivity contribution is 5.99. The second-order valence-corrected chi connectivity index (χ2v) is 7.03. The Morgan fingerprint density at radius 3 is 2.64 bits per heavy atom. The first kappa shape index (κ1) is 18.0. The minimum Gasteiger partial charge on any atom is -0.484 e. The van der Waals surface area contributed by atoms with E-state index in [0.717, 1.165) is 12.8 Å². The van der Waals surface area contributed by atoms with Gasteiger partial charge in [-0.3, -0.25) is 14.4 Å². The highest BCUT2D eigenvalue weighted by Gasteiger charge is 2.36. The Labute approximate surface area is 161 Å². The van der Waals surface area contributed by atoms with Crippen LogP contribution in [0.15, 0.2) is 48.5 Å². The van der Waals surface area contributed by atoms with E-state index in [1.54, 1.807) is 48.5 Å². The zero-order chi connectivity index (χ0) is 19.7. The molecule has 2 N–H and O–H groups in total. The number of aliphatic carboxylic acids is 1. The number of carbonyl (C=O) groups excluding carboxylic acids is 2. The van der Waals surface area contributed by atoms with E-state index in [0.29, 0.717) is 22.7 Å². The number of rotatable bonds is 6. The highest BCUT2D eigenvalue weighted by Crippen LogP contribution is 2.36. The number of fused-ring (bicyclic) bond motifs is 1. The van der Waals surface area contributed by atoms with Crippen LogP contribution >= 0.6 is 0 Å². The minimum atomic E-state index is -0.956. The van der Waals surface area contributed by atoms with Gasteiger partial charge >= 0.3 is 5.97 Å². The van der Waals surface area contributed by atoms with Crippen LogP contribution in [0.5, 0.6) is 5.75 Å². The summed E-state index contributed by atoms with van der Waals surface area (Å²) in [5, 5.41) is 12.2. The summed E-state index contributed by atoms with van der Waals surface area (Å²) in [7, 11) is 0. The number of anilines is 2. The quantitative estimate of drug-likeness (QED) is 0.803. The van der Waals surface area contributed by atoms with Crippen LogP contribution in [0.3, 0.4) is 0 Å². The fourth-order valence-corrected chi connectivity index (χ4v) is 3.33. The Morgan fingerprint density at radius 2 is 1.89 bits per heavy atom. The number of nitrogens with zero attached hydrogens (tertiary/aromatic N) is 1. The third-order valence-corrected chi connectivity index (χ3v) is 4.98. The van der Waals surface area contributed by atoms with E-state index in [-0.39, 0.29) is 30.9 Å². The van der Waals surface area contributed by atoms with Gasteiger partial charge in [0, 0.05) is 29.9 Å². The van der Waals surface area contributed by atoms with Crippen molar-refractivity contribution in [1.29, 1.82) is 0 Å². The molecule has 7 nitrogen and oxygen atoms in total. The molecule has 144 valence electrons. The summed E-state index contributed by atoms with van der Waals surface area (Å²) in [5.74, 6) is -1.44. The standard InChI is InChI=1S/C21H20N2O5/c24-19(23-11-17(21(26)27)16-6-1-2-7-18(16)23)12-28-15-5-3-4-14(10-15)22-20(25)13-8-9-13/h1-7,10,13,17H,8-9,11-12H2,(H,22,25)(H,26,27). The van der Waals surface area contributed by atoms with Gasteiger partial charge in [-0.05, 0) is 36.6 Å². The third-order valence-electron chi connectivity index (χ3n) is 4.98. The predicted octanol–water partition coefficient (Wildman–Crippen LogP) is 2.63. The summed E-state index contributed by atoms with van der Waals surface area (Å²) >= 11 is 0. The molecule has 2 amide bonds. The predicted molar refractivity (Wildman–Crippen MR) is 102 cm³/mol. The van der Waals surface area contributed by atoms with Crippen molar-refractivity contribution in [3.63, 3.8) is 0 Å². The van der Waals surface area contributed by atoms with Crippen molar-refractivity contribution in [3.8, 4) is 5.75 Å². The maximum absolute atomic E-state index is 12.6. The van der Waals surface area contributed by atoms with Crippen LogP contribution in [0.2, 0.25) is 0 Å². The number of carbonyl (C=O) groups is 3. The van der Waals surface area contributed by atoms with E-state index in [1.807, 2.05) is 0 Å². The number of hydrogen-bond acceptors (Lipinski definition) is 4. The summed E-state index contributed by atoms with van der Waals surface area (Å²) in [6.07, 6.45) is 1.84. The summed E-state index contributed by atoms with van der Waals surface area (Å²) in [5.41, 5.74) is 1.86. The number of para-hydroxylation sites is 1. The summed E-state index contributed by atoms with van der Waals surface area (Å²) in [4.78, 5) is 37.5. The molecule has 0 bridgehead atoms. The van der Waals surface area contributed by atoms with Crippen LogP contribution in [0, 0.1) is 5.92 Å². The van der Waals surface area contributed by atoms with E-state index in [9.17, 15) is 19.5 Å². The molecule has 0 aromatic heterocycles. The zero-order valence-electron chi connectivity index (χ0n) is 15.1. The Morgan fingerprint density at radius 1 is 1.11 bits per heavy atom. The highest BCUT2D eigenvalue weighted by atomic mass is 16.5. The summed E-state index contributed by atoms with van der Waals surface area (Å²) < 4.78 is 5.60. The smallest absolute Gasteiger partial charge is 0.312 e. The number of carboxylic acids is 1. The first-order valence-corrected chi connectivity index (χ1v) is 9.19. The number of hydrogen-bond donors (Lipinski definition) is 2. The van der Waals surface area contributed by atoms with Crippen LogP contribution < -0.4 is 15.0 Å². The first-order valence-electron chi connectivity index (χ1n) is 9.19. The second-order valence-electron chi connectivity index (χ2n) is 7.03. The van der Waals surface area contributed by atoms with E-state index in [2.05, 4.69) is 5.32 Å². The van der Waals surface area contributed by atoms with Gasteiger partial charge in [-0.15, -0.1) is 0 Å². The van der Waals surface area contributed by atoms with Gasteiger partial charge in [-0.2, -0.15) is 0 Å². The molecule has 0 saturated heterocycles. The Bertz CT molecular complexity index is 938. The van der Waals surface area contributed by atoms with Gasteiger partial charge in [0.1, 0.15) is 11.7 Å². The van der Waals surface area contributed by atoms with Crippen LogP contribution in [-0.4, -0.2) is 36.0 Å². The van der Waals surface area contributed by atoms with Crippen LogP contribution in [0.25, 0.3) is 0 Å². The fraction of sp³-hybridized carbons (Fsp3) is 0.286. The van der Waals surface area contributed by atoms with Gasteiger partial charge in [0.2, 0.25) is 5.91 Å². The molecule has 2 aromatic rings. The number of ether oxygens (including phenoxy) is 1. The molecule has 7 heteroatoms. The van der Waals surface area contributed by atoms with Gasteiger partial charge < -0.3 is 20.1 Å². The molecule has 1 fully saturated rings. The van der Waals surface area contributed by atoms with Gasteiger partial charge in [0.25, 0.3) is 5.91 Å². The molecule has 4 rings (SSSR count). The minimum absolute atomic E-state index is 0.00149. The molecular formula is C21H20N2O5. The maximum atomic E-state index is 12.6. The topological polar surface area (TPSA) is 95.9 Å². The molecule has 1 aliphatic carbocycles. The van der Waals surface area contributed by atoms with Gasteiger partial charge in [0.05, 0.1) is 0 Å². The van der Waals surface area contributed by atoms with Gasteiger partial charge in [0.15, 0.2) is 6.61 Å². The van der Waals surface area contributed by atoms with E-state index >= 15 is 0 Å². The number of nitrogens with one attached hydrogen (secondary N) is 1. The van der Waals surface area contributed by atoms with Crippen molar-refractivity contribution in [3.05, 3.63) is 54.1 Å². The first-order chi connectivity index (χ1) is 13.5. The molecule has 1 atom stereocenters. The Hall–Kier alpha value is -3.35. The van der Waals surface area contributed by atoms with Gasteiger partial charge in [-0.1, -0.05) is 24.3 Å². The zero-order valence-corrected chi connectivity index (χ0v) is 15.1. The van der Waals surface area contributed by atoms with Crippen molar-refractivity contribution < 1.29 is 24.2 Å². The Kier molecular flexibility index (Phi) is 4.73. The van der Waals surface area contributed by atoms with Crippen LogP contribution in [-0.2, 0) is 14.4 Å². The van der Waals surface area contributed by atoms with Gasteiger partial charge in [-0.25, -0.2) is 0 Å². The second kappa shape index (κ2) is 7.34. The lowest BCUT2D eigenvalue weighted by molar-refractivity contribution is -0.138. The molecule has 0 spiro atoms. The van der Waals surface area contributed by atoms with Crippen LogP contribution in [0.4, 0.5) is 11.4 Å². The molecule has 1 saturated carbocycles. The average Bonchev–Trinajstić information content (AvgIpc) is 3.47. The average molecular weight is 380 g/mol. The lowest BCUT2D eigenvalue weighted by Crippen LogP contribution is -2.35. The lowest BCUT2D eigenvalue weighted by Gasteiger charge is -2.18. The summed E-state index contributed by atoms with van der Waals surface area (Å²) in [6, 6.07) is 13.9. The van der Waals surface area contributed by atoms with E-state index in [1.165, 1.54) is 4.90 Å². The van der Waals surface area contributed by atoms with E-state index < -0.39 is 11.9 Å². The Balaban J connectivity index is 1.41. The summed E-state index contributed by atoms with van der Waals surface area (Å²) in [6.45, 7) is -0.130. The van der Waals surface area contributed by atoms with Crippen molar-refractivity contribution >= 4 is 29.2 Å². The lowest BCUT2D eigenvalue weighted by atomic mass is 10.0. The molecule has 1 aliphatic heterocycles. The molecular weight excluding hydrogens is 360 g/mol. The number of carboxylic acid groups (broad SMARTS) is 1. The monoisotopic (exact) mass is 380 g/mol. The van der Waals surface area contributed by atoms with Crippen LogP contribution in [0.1, 0.15) is 24.3 Å². The number of benzene rings is 2.